The normalized spacial score (nSPS) is 21.1. The number of ether oxygens (including phenoxy) is 1. The molecule has 1 N–H and O–H groups in total. The molecule has 2 aliphatic rings. The van der Waals surface area contributed by atoms with Gasteiger partial charge in [0.1, 0.15) is 6.04 Å². The topological polar surface area (TPSA) is 41.6 Å². The molecule has 4 heteroatoms. The Morgan fingerprint density at radius 2 is 2.11 bits per heavy atom. The second-order valence-corrected chi connectivity index (χ2v) is 5.55. The van der Waals surface area contributed by atoms with Gasteiger partial charge in [0.2, 0.25) is 0 Å². The van der Waals surface area contributed by atoms with E-state index in [1.165, 1.54) is 32.2 Å². The van der Waals surface area contributed by atoms with Gasteiger partial charge in [-0.05, 0) is 52.0 Å². The summed E-state index contributed by atoms with van der Waals surface area (Å²) in [6, 6.07) is 0.649. The van der Waals surface area contributed by atoms with Gasteiger partial charge in [0.05, 0.1) is 6.61 Å². The predicted octanol–water partition coefficient (Wildman–Crippen LogP) is 1.40. The van der Waals surface area contributed by atoms with Gasteiger partial charge in [-0.25, -0.2) is 0 Å². The molecule has 0 aliphatic heterocycles. The van der Waals surface area contributed by atoms with Crippen LogP contribution in [0, 0.1) is 5.92 Å². The van der Waals surface area contributed by atoms with Crippen LogP contribution in [0.4, 0.5) is 0 Å². The maximum absolute atomic E-state index is 11.7. The molecule has 0 amide bonds. The van der Waals surface area contributed by atoms with Gasteiger partial charge in [-0.2, -0.15) is 0 Å². The minimum atomic E-state index is -0.148. The van der Waals surface area contributed by atoms with Crippen molar-refractivity contribution in [2.24, 2.45) is 5.92 Å². The first kappa shape index (κ1) is 13.8. The van der Waals surface area contributed by atoms with Crippen molar-refractivity contribution < 1.29 is 9.53 Å². The number of hydrogen-bond donors (Lipinski definition) is 1. The van der Waals surface area contributed by atoms with Crippen LogP contribution in [0.2, 0.25) is 0 Å². The molecule has 1 unspecified atom stereocenters. The van der Waals surface area contributed by atoms with Crippen LogP contribution >= 0.6 is 0 Å². The highest BCUT2D eigenvalue weighted by Crippen LogP contribution is 2.34. The maximum Gasteiger partial charge on any atom is 0.323 e. The first-order valence-corrected chi connectivity index (χ1v) is 7.32. The molecule has 0 radical (unpaired) electrons. The summed E-state index contributed by atoms with van der Waals surface area (Å²) in [7, 11) is 1.84. The highest BCUT2D eigenvalue weighted by molar-refractivity contribution is 5.75. The fourth-order valence-corrected chi connectivity index (χ4v) is 2.41. The highest BCUT2D eigenvalue weighted by atomic mass is 16.5. The average molecular weight is 254 g/mol. The number of rotatable bonds is 9. The van der Waals surface area contributed by atoms with Crippen molar-refractivity contribution in [3.05, 3.63) is 0 Å². The molecule has 2 saturated carbocycles. The maximum atomic E-state index is 11.7. The molecule has 18 heavy (non-hydrogen) atoms. The van der Waals surface area contributed by atoms with Gasteiger partial charge in [0.25, 0.3) is 0 Å². The van der Waals surface area contributed by atoms with Crippen LogP contribution in [0.5, 0.6) is 0 Å². The number of hydrogen-bond acceptors (Lipinski definition) is 4. The van der Waals surface area contributed by atoms with Gasteiger partial charge < -0.3 is 15.0 Å². The molecule has 0 aromatic heterocycles. The number of carbonyl (C=O) groups is 1. The van der Waals surface area contributed by atoms with Crippen LogP contribution in [-0.4, -0.2) is 49.7 Å². The number of likely N-dealkylation sites (N-methyl/N-ethyl adjacent to an activating group) is 1. The van der Waals surface area contributed by atoms with E-state index in [9.17, 15) is 4.79 Å². The lowest BCUT2D eigenvalue weighted by Crippen LogP contribution is -2.40. The van der Waals surface area contributed by atoms with Crippen LogP contribution in [-0.2, 0) is 9.53 Å². The van der Waals surface area contributed by atoms with E-state index in [0.29, 0.717) is 6.61 Å². The standard InChI is InChI=1S/C14H26N2O2/c1-3-18-14(17)13(15-2)8-9-16(12-6-7-12)10-11-4-5-11/h11-13,15H,3-10H2,1-2H3. The van der Waals surface area contributed by atoms with E-state index in [-0.39, 0.29) is 12.0 Å². The van der Waals surface area contributed by atoms with Crippen molar-refractivity contribution in [3.63, 3.8) is 0 Å². The summed E-state index contributed by atoms with van der Waals surface area (Å²) < 4.78 is 5.08. The lowest BCUT2D eigenvalue weighted by Gasteiger charge is -2.24. The molecule has 2 rings (SSSR count). The second kappa shape index (κ2) is 6.53. The zero-order valence-corrected chi connectivity index (χ0v) is 11.7. The summed E-state index contributed by atoms with van der Waals surface area (Å²) in [5.74, 6) is 0.823. The Morgan fingerprint density at radius 3 is 2.61 bits per heavy atom. The molecule has 0 spiro atoms. The summed E-state index contributed by atoms with van der Waals surface area (Å²) in [5.41, 5.74) is 0. The third-order valence-corrected chi connectivity index (χ3v) is 3.88. The van der Waals surface area contributed by atoms with Crippen LogP contribution in [0.1, 0.15) is 39.0 Å². The first-order valence-electron chi connectivity index (χ1n) is 7.32. The average Bonchev–Trinajstić information content (AvgIpc) is 3.22. The van der Waals surface area contributed by atoms with E-state index < -0.39 is 0 Å². The molecule has 0 aromatic carbocycles. The van der Waals surface area contributed by atoms with Crippen LogP contribution in [0.15, 0.2) is 0 Å². The van der Waals surface area contributed by atoms with Gasteiger partial charge in [0.15, 0.2) is 0 Å². The Balaban J connectivity index is 1.73. The Bertz CT molecular complexity index is 275. The van der Waals surface area contributed by atoms with E-state index in [2.05, 4.69) is 10.2 Å². The predicted molar refractivity (Wildman–Crippen MR) is 71.4 cm³/mol. The van der Waals surface area contributed by atoms with E-state index >= 15 is 0 Å². The fraction of sp³-hybridized carbons (Fsp3) is 0.929. The Labute approximate surface area is 110 Å². The lowest BCUT2D eigenvalue weighted by molar-refractivity contribution is -0.145. The smallest absolute Gasteiger partial charge is 0.323 e. The highest BCUT2D eigenvalue weighted by Gasteiger charge is 2.34. The number of nitrogens with one attached hydrogen (secondary N) is 1. The van der Waals surface area contributed by atoms with Gasteiger partial charge in [-0.15, -0.1) is 0 Å². The van der Waals surface area contributed by atoms with Crippen molar-refractivity contribution in [3.8, 4) is 0 Å². The Morgan fingerprint density at radius 1 is 1.39 bits per heavy atom. The Hall–Kier alpha value is -0.610. The summed E-state index contributed by atoms with van der Waals surface area (Å²) in [6.07, 6.45) is 6.35. The SMILES string of the molecule is CCOC(=O)C(CCN(CC1CC1)C1CC1)NC. The van der Waals surface area contributed by atoms with Crippen LogP contribution in [0.3, 0.4) is 0 Å². The lowest BCUT2D eigenvalue weighted by atomic mass is 10.2. The van der Waals surface area contributed by atoms with Crippen molar-refractivity contribution >= 4 is 5.97 Å². The van der Waals surface area contributed by atoms with E-state index in [4.69, 9.17) is 4.74 Å². The monoisotopic (exact) mass is 254 g/mol. The zero-order valence-electron chi connectivity index (χ0n) is 11.7. The molecular formula is C14H26N2O2. The number of nitrogens with zero attached hydrogens (tertiary/aromatic N) is 1. The van der Waals surface area contributed by atoms with Gasteiger partial charge in [0, 0.05) is 19.1 Å². The molecular weight excluding hydrogens is 228 g/mol. The van der Waals surface area contributed by atoms with Gasteiger partial charge in [-0.3, -0.25) is 4.79 Å². The molecule has 2 aliphatic carbocycles. The fourth-order valence-electron chi connectivity index (χ4n) is 2.41. The Kier molecular flexibility index (Phi) is 5.01. The molecule has 4 nitrogen and oxygen atoms in total. The van der Waals surface area contributed by atoms with Crippen LogP contribution < -0.4 is 5.32 Å². The molecule has 2 fully saturated rings. The molecule has 0 heterocycles. The summed E-state index contributed by atoms with van der Waals surface area (Å²) >= 11 is 0. The minimum absolute atomic E-state index is 0.109. The third-order valence-electron chi connectivity index (χ3n) is 3.88. The van der Waals surface area contributed by atoms with E-state index in [1.807, 2.05) is 14.0 Å². The van der Waals surface area contributed by atoms with Crippen molar-refractivity contribution in [2.75, 3.05) is 26.7 Å². The quantitative estimate of drug-likeness (QED) is 0.632. The van der Waals surface area contributed by atoms with Gasteiger partial charge >= 0.3 is 5.97 Å². The summed E-state index contributed by atoms with van der Waals surface area (Å²) in [5, 5.41) is 3.07. The summed E-state index contributed by atoms with van der Waals surface area (Å²) in [4.78, 5) is 14.3. The molecule has 0 bridgehead atoms. The second-order valence-electron chi connectivity index (χ2n) is 5.55. The molecule has 0 saturated heterocycles. The minimum Gasteiger partial charge on any atom is -0.465 e. The molecule has 0 aromatic rings. The number of esters is 1. The van der Waals surface area contributed by atoms with E-state index in [0.717, 1.165) is 24.9 Å². The molecule has 1 atom stereocenters. The zero-order chi connectivity index (χ0) is 13.0. The van der Waals surface area contributed by atoms with Gasteiger partial charge in [-0.1, -0.05) is 0 Å². The van der Waals surface area contributed by atoms with Crippen molar-refractivity contribution in [1.29, 1.82) is 0 Å². The van der Waals surface area contributed by atoms with E-state index in [1.54, 1.807) is 0 Å². The largest absolute Gasteiger partial charge is 0.465 e. The number of carbonyl (C=O) groups excluding carboxylic acids is 1. The first-order chi connectivity index (χ1) is 8.74. The van der Waals surface area contributed by atoms with Crippen LogP contribution in [0.25, 0.3) is 0 Å². The summed E-state index contributed by atoms with van der Waals surface area (Å²) in [6.45, 7) is 4.58. The van der Waals surface area contributed by atoms with Crippen molar-refractivity contribution in [1.82, 2.24) is 10.2 Å². The van der Waals surface area contributed by atoms with Crippen molar-refractivity contribution in [2.45, 2.75) is 51.1 Å². The molecule has 104 valence electrons. The third kappa shape index (κ3) is 4.25.